The van der Waals surface area contributed by atoms with E-state index >= 15 is 0 Å². The Morgan fingerprint density at radius 1 is 0.944 bits per heavy atom. The monoisotopic (exact) mass is 505 g/mol. The lowest BCUT2D eigenvalue weighted by Gasteiger charge is -2.66. The number of aliphatic hydroxyl groups is 2. The number of hydrogen-bond acceptors (Lipinski definition) is 5. The van der Waals surface area contributed by atoms with Crippen LogP contribution in [0.15, 0.2) is 0 Å². The van der Waals surface area contributed by atoms with Crippen molar-refractivity contribution in [2.45, 2.75) is 123 Å². The maximum atomic E-state index is 12.3. The molecule has 0 amide bonds. The van der Waals surface area contributed by atoms with E-state index in [1.54, 1.807) is 0 Å². The number of nitrogens with two attached hydrogens (primary N) is 1. The zero-order chi connectivity index (χ0) is 26.1. The molecular weight excluding hydrogens is 446 g/mol. The SMILES string of the molecule is CC(C)CCCC(C)C1CCC2C3C[C@@H](NCCNCCN)[C@@]4(O)C[C@@H](O)CCC4(C)C3CCC12C. The van der Waals surface area contributed by atoms with Crippen molar-refractivity contribution in [1.29, 1.82) is 0 Å². The molecule has 0 saturated heterocycles. The number of nitrogens with one attached hydrogen (secondary N) is 2. The summed E-state index contributed by atoms with van der Waals surface area (Å²) in [5.41, 5.74) is 5.17. The fraction of sp³-hybridized carbons (Fsp3) is 1.00. The van der Waals surface area contributed by atoms with E-state index in [9.17, 15) is 10.2 Å². The van der Waals surface area contributed by atoms with Crippen LogP contribution in [0.25, 0.3) is 0 Å². The van der Waals surface area contributed by atoms with Gasteiger partial charge in [0, 0.05) is 44.1 Å². The second-order valence-corrected chi connectivity index (χ2v) is 14.4. The second kappa shape index (κ2) is 11.5. The average Bonchev–Trinajstić information content (AvgIpc) is 3.17. The first-order chi connectivity index (χ1) is 17.1. The minimum Gasteiger partial charge on any atom is -0.393 e. The van der Waals surface area contributed by atoms with Gasteiger partial charge in [-0.2, -0.15) is 0 Å². The molecule has 6 N–H and O–H groups in total. The molecule has 36 heavy (non-hydrogen) atoms. The van der Waals surface area contributed by atoms with E-state index in [1.807, 2.05) is 0 Å². The van der Waals surface area contributed by atoms with Gasteiger partial charge in [0.15, 0.2) is 0 Å². The molecule has 4 aliphatic carbocycles. The Bertz CT molecular complexity index is 718. The Morgan fingerprint density at radius 3 is 2.44 bits per heavy atom. The maximum absolute atomic E-state index is 12.3. The Labute approximate surface area is 222 Å². The van der Waals surface area contributed by atoms with Crippen molar-refractivity contribution in [2.75, 3.05) is 26.2 Å². The Morgan fingerprint density at radius 2 is 1.72 bits per heavy atom. The molecule has 4 aliphatic rings. The first-order valence-electron chi connectivity index (χ1n) is 15.6. The van der Waals surface area contributed by atoms with Gasteiger partial charge in [-0.3, -0.25) is 0 Å². The minimum atomic E-state index is -0.824. The van der Waals surface area contributed by atoms with Crippen LogP contribution in [0.2, 0.25) is 0 Å². The van der Waals surface area contributed by atoms with E-state index in [0.29, 0.717) is 30.2 Å². The summed E-state index contributed by atoms with van der Waals surface area (Å²) < 4.78 is 0. The van der Waals surface area contributed by atoms with Crippen molar-refractivity contribution >= 4 is 0 Å². The highest BCUT2D eigenvalue weighted by atomic mass is 16.3. The molecule has 4 saturated carbocycles. The number of rotatable bonds is 11. The molecule has 0 aromatic carbocycles. The Kier molecular flexibility index (Phi) is 9.20. The highest BCUT2D eigenvalue weighted by molar-refractivity contribution is 5.18. The topological polar surface area (TPSA) is 90.5 Å². The highest BCUT2D eigenvalue weighted by Gasteiger charge is 2.67. The summed E-state index contributed by atoms with van der Waals surface area (Å²) in [5, 5.41) is 30.2. The van der Waals surface area contributed by atoms with Crippen LogP contribution in [0.1, 0.15) is 105 Å². The molecule has 4 rings (SSSR count). The predicted molar refractivity (Wildman–Crippen MR) is 150 cm³/mol. The van der Waals surface area contributed by atoms with Crippen LogP contribution in [0.5, 0.6) is 0 Å². The summed E-state index contributed by atoms with van der Waals surface area (Å²) >= 11 is 0. The molecule has 5 heteroatoms. The Hall–Kier alpha value is -0.200. The lowest BCUT2D eigenvalue weighted by Crippen LogP contribution is -2.71. The van der Waals surface area contributed by atoms with Crippen molar-refractivity contribution in [3.8, 4) is 0 Å². The predicted octanol–water partition coefficient (Wildman–Crippen LogP) is 4.70. The number of fused-ring (bicyclic) bond motifs is 5. The molecule has 0 aromatic heterocycles. The molecule has 7 unspecified atom stereocenters. The van der Waals surface area contributed by atoms with Gasteiger partial charge in [-0.25, -0.2) is 0 Å². The Balaban J connectivity index is 1.52. The summed E-state index contributed by atoms with van der Waals surface area (Å²) in [6.45, 7) is 15.5. The zero-order valence-corrected chi connectivity index (χ0v) is 24.2. The summed E-state index contributed by atoms with van der Waals surface area (Å²) in [6, 6.07) is 0.0586. The second-order valence-electron chi connectivity index (χ2n) is 14.4. The molecular formula is C31H59N3O2. The van der Waals surface area contributed by atoms with Crippen LogP contribution in [0, 0.1) is 46.3 Å². The first kappa shape index (κ1) is 28.8. The van der Waals surface area contributed by atoms with Crippen molar-refractivity contribution < 1.29 is 10.2 Å². The van der Waals surface area contributed by atoms with E-state index < -0.39 is 5.60 Å². The lowest BCUT2D eigenvalue weighted by atomic mass is 9.42. The molecule has 0 bridgehead atoms. The highest BCUT2D eigenvalue weighted by Crippen LogP contribution is 2.69. The largest absolute Gasteiger partial charge is 0.393 e. The fourth-order valence-corrected chi connectivity index (χ4v) is 10.1. The zero-order valence-electron chi connectivity index (χ0n) is 24.2. The third kappa shape index (κ3) is 5.18. The van der Waals surface area contributed by atoms with E-state index in [1.165, 1.54) is 44.9 Å². The molecule has 4 fully saturated rings. The molecule has 5 nitrogen and oxygen atoms in total. The van der Waals surface area contributed by atoms with Crippen LogP contribution < -0.4 is 16.4 Å². The van der Waals surface area contributed by atoms with Crippen molar-refractivity contribution in [1.82, 2.24) is 10.6 Å². The van der Waals surface area contributed by atoms with Crippen LogP contribution in [-0.2, 0) is 0 Å². The molecule has 0 aliphatic heterocycles. The number of hydrogen-bond donors (Lipinski definition) is 5. The third-order valence-electron chi connectivity index (χ3n) is 12.1. The van der Waals surface area contributed by atoms with E-state index in [2.05, 4.69) is 45.3 Å². The van der Waals surface area contributed by atoms with E-state index in [-0.39, 0.29) is 17.6 Å². The van der Waals surface area contributed by atoms with Crippen LogP contribution in [-0.4, -0.2) is 54.1 Å². The van der Waals surface area contributed by atoms with Gasteiger partial charge in [-0.1, -0.05) is 53.9 Å². The summed E-state index contributed by atoms with van der Waals surface area (Å²) in [7, 11) is 0. The average molecular weight is 506 g/mol. The van der Waals surface area contributed by atoms with Gasteiger partial charge in [0.2, 0.25) is 0 Å². The van der Waals surface area contributed by atoms with Crippen molar-refractivity contribution in [3.05, 3.63) is 0 Å². The molecule has 10 atom stereocenters. The summed E-state index contributed by atoms with van der Waals surface area (Å²) in [5.74, 6) is 4.53. The standard InChI is InChI=1S/C31H59N3O2/c1-21(2)7-6-8-22(3)25-9-10-26-24-19-28(34-18-17-33-16-15-32)31(36)20-23(35)11-14-30(31,5)27(24)12-13-29(25,26)4/h21-28,33-36H,6-20,32H2,1-5H3/t22?,23-,24?,25?,26?,27?,28+,29?,30?,31-/m0/s1. The van der Waals surface area contributed by atoms with Crippen molar-refractivity contribution in [2.24, 2.45) is 52.1 Å². The van der Waals surface area contributed by atoms with Crippen molar-refractivity contribution in [3.63, 3.8) is 0 Å². The minimum absolute atomic E-state index is 0.0586. The third-order valence-corrected chi connectivity index (χ3v) is 12.1. The molecule has 210 valence electrons. The summed E-state index contributed by atoms with van der Waals surface area (Å²) in [4.78, 5) is 0. The van der Waals surface area contributed by atoms with Gasteiger partial charge in [-0.15, -0.1) is 0 Å². The quantitative estimate of drug-likeness (QED) is 0.263. The number of aliphatic hydroxyl groups excluding tert-OH is 1. The first-order valence-corrected chi connectivity index (χ1v) is 15.6. The van der Waals surface area contributed by atoms with E-state index in [4.69, 9.17) is 5.73 Å². The molecule has 0 heterocycles. The fourth-order valence-electron chi connectivity index (χ4n) is 10.1. The van der Waals surface area contributed by atoms with Gasteiger partial charge >= 0.3 is 0 Å². The van der Waals surface area contributed by atoms with Gasteiger partial charge < -0.3 is 26.6 Å². The van der Waals surface area contributed by atoms with Gasteiger partial charge in [0.25, 0.3) is 0 Å². The van der Waals surface area contributed by atoms with Gasteiger partial charge in [-0.05, 0) is 85.9 Å². The van der Waals surface area contributed by atoms with Crippen LogP contribution in [0.4, 0.5) is 0 Å². The lowest BCUT2D eigenvalue weighted by molar-refractivity contribution is -0.234. The smallest absolute Gasteiger partial charge is 0.0880 e. The molecule has 0 radical (unpaired) electrons. The van der Waals surface area contributed by atoms with Crippen LogP contribution in [0.3, 0.4) is 0 Å². The van der Waals surface area contributed by atoms with Gasteiger partial charge in [0.05, 0.1) is 11.7 Å². The maximum Gasteiger partial charge on any atom is 0.0880 e. The van der Waals surface area contributed by atoms with Crippen LogP contribution >= 0.6 is 0 Å². The molecule has 0 spiro atoms. The van der Waals surface area contributed by atoms with Gasteiger partial charge in [0.1, 0.15) is 0 Å². The van der Waals surface area contributed by atoms with E-state index in [0.717, 1.165) is 62.6 Å². The summed E-state index contributed by atoms with van der Waals surface area (Å²) in [6.07, 6.45) is 12.5. The molecule has 0 aromatic rings. The normalized spacial score (nSPS) is 45.2.